The molecule has 0 aromatic heterocycles. The van der Waals surface area contributed by atoms with Crippen molar-refractivity contribution in [2.75, 3.05) is 7.11 Å². The Morgan fingerprint density at radius 1 is 1.45 bits per heavy atom. The van der Waals surface area contributed by atoms with Crippen molar-refractivity contribution in [2.45, 2.75) is 12.0 Å². The van der Waals surface area contributed by atoms with Crippen molar-refractivity contribution in [3.05, 3.63) is 0 Å². The lowest BCUT2D eigenvalue weighted by molar-refractivity contribution is -0.189. The molecule has 0 heterocycles. The Labute approximate surface area is 60.1 Å². The quantitative estimate of drug-likeness (QED) is 0.635. The van der Waals surface area contributed by atoms with Gasteiger partial charge in [-0.2, -0.15) is 13.2 Å². The maximum atomic E-state index is 11.6. The summed E-state index contributed by atoms with van der Waals surface area (Å²) >= 11 is 0. The third-order valence-corrected chi connectivity index (χ3v) is 1.92. The van der Waals surface area contributed by atoms with Crippen LogP contribution in [-0.4, -0.2) is 28.9 Å². The average molecular weight is 194 g/mol. The van der Waals surface area contributed by atoms with Crippen LogP contribution in [0.15, 0.2) is 0 Å². The molecule has 2 N–H and O–H groups in total. The van der Waals surface area contributed by atoms with Gasteiger partial charge in [-0.25, -0.2) is 0 Å². The molecule has 0 saturated heterocycles. The molecule has 0 aliphatic heterocycles. The fraction of sp³-hybridized carbons (Fsp3) is 1.00. The highest BCUT2D eigenvalue weighted by atomic mass is 31.2. The van der Waals surface area contributed by atoms with Gasteiger partial charge in [0.05, 0.1) is 0 Å². The standard InChI is InChI=1S/C3H6F3O4P/c1-10-2(3(4,5)6)11(7,8)9/h2H,1H3,(H2,7,8,9). The summed E-state index contributed by atoms with van der Waals surface area (Å²) in [5, 5.41) is 0. The lowest BCUT2D eigenvalue weighted by atomic mass is 10.7. The topological polar surface area (TPSA) is 66.8 Å². The zero-order valence-electron chi connectivity index (χ0n) is 5.37. The predicted octanol–water partition coefficient (Wildman–Crippen LogP) is 0.699. The fourth-order valence-electron chi connectivity index (χ4n) is 0.462. The normalized spacial score (nSPS) is 16.5. The van der Waals surface area contributed by atoms with Gasteiger partial charge in [-0.3, -0.25) is 4.57 Å². The molecular weight excluding hydrogens is 188 g/mol. The third kappa shape index (κ3) is 3.20. The molecular formula is C3H6F3O4P. The van der Waals surface area contributed by atoms with Crippen LogP contribution in [0.1, 0.15) is 0 Å². The molecule has 68 valence electrons. The summed E-state index contributed by atoms with van der Waals surface area (Å²) in [5.74, 6) is -3.02. The molecule has 1 atom stereocenters. The number of ether oxygens (including phenoxy) is 1. The Morgan fingerprint density at radius 3 is 1.82 bits per heavy atom. The Kier molecular flexibility index (Phi) is 3.07. The first kappa shape index (κ1) is 10.9. The van der Waals surface area contributed by atoms with E-state index in [1.807, 2.05) is 0 Å². The van der Waals surface area contributed by atoms with E-state index in [1.54, 1.807) is 0 Å². The first-order chi connectivity index (χ1) is 4.69. The van der Waals surface area contributed by atoms with Crippen molar-refractivity contribution in [3.63, 3.8) is 0 Å². The number of hydrogen-bond donors (Lipinski definition) is 2. The smallest absolute Gasteiger partial charge is 0.361 e. The monoisotopic (exact) mass is 194 g/mol. The maximum absolute atomic E-state index is 11.6. The molecule has 0 saturated carbocycles. The van der Waals surface area contributed by atoms with Crippen molar-refractivity contribution < 1.29 is 32.3 Å². The molecule has 0 bridgehead atoms. The van der Waals surface area contributed by atoms with Crippen LogP contribution in [0.25, 0.3) is 0 Å². The van der Waals surface area contributed by atoms with Gasteiger partial charge in [0.2, 0.25) is 0 Å². The van der Waals surface area contributed by atoms with E-state index in [0.29, 0.717) is 7.11 Å². The van der Waals surface area contributed by atoms with E-state index >= 15 is 0 Å². The first-order valence-corrected chi connectivity index (χ1v) is 4.02. The van der Waals surface area contributed by atoms with Crippen molar-refractivity contribution in [1.82, 2.24) is 0 Å². The summed E-state index contributed by atoms with van der Waals surface area (Å²) in [5.41, 5.74) is 0. The van der Waals surface area contributed by atoms with Crippen LogP contribution in [0.2, 0.25) is 0 Å². The highest BCUT2D eigenvalue weighted by molar-refractivity contribution is 7.52. The molecule has 0 fully saturated rings. The number of methoxy groups -OCH3 is 1. The van der Waals surface area contributed by atoms with Crippen LogP contribution in [0.5, 0.6) is 0 Å². The van der Waals surface area contributed by atoms with E-state index < -0.39 is 19.6 Å². The molecule has 0 aliphatic rings. The Bertz CT molecular complexity index is 172. The summed E-state index contributed by atoms with van der Waals surface area (Å²) in [6, 6.07) is 0. The maximum Gasteiger partial charge on any atom is 0.426 e. The van der Waals surface area contributed by atoms with Gasteiger partial charge in [-0.15, -0.1) is 0 Å². The van der Waals surface area contributed by atoms with Gasteiger partial charge in [0.1, 0.15) is 0 Å². The molecule has 0 amide bonds. The summed E-state index contributed by atoms with van der Waals surface area (Å²) in [7, 11) is -4.66. The molecule has 0 aliphatic carbocycles. The van der Waals surface area contributed by atoms with Crippen LogP contribution in [0.4, 0.5) is 13.2 Å². The molecule has 1 unspecified atom stereocenters. The van der Waals surface area contributed by atoms with Gasteiger partial charge in [-0.05, 0) is 0 Å². The average Bonchev–Trinajstić information content (AvgIpc) is 1.56. The van der Waals surface area contributed by atoms with Crippen molar-refractivity contribution in [3.8, 4) is 0 Å². The van der Waals surface area contributed by atoms with Gasteiger partial charge < -0.3 is 14.5 Å². The molecule has 0 aromatic rings. The minimum absolute atomic E-state index is 0.581. The largest absolute Gasteiger partial charge is 0.426 e. The second-order valence-electron chi connectivity index (χ2n) is 1.72. The SMILES string of the molecule is COC(C(F)(F)F)P(=O)(O)O. The predicted molar refractivity (Wildman–Crippen MR) is 28.9 cm³/mol. The summed E-state index contributed by atoms with van der Waals surface area (Å²) < 4.78 is 48.4. The van der Waals surface area contributed by atoms with Gasteiger partial charge in [0.15, 0.2) is 0 Å². The molecule has 0 spiro atoms. The van der Waals surface area contributed by atoms with Crippen molar-refractivity contribution in [2.24, 2.45) is 0 Å². The number of alkyl halides is 3. The van der Waals surface area contributed by atoms with E-state index in [9.17, 15) is 17.7 Å². The minimum Gasteiger partial charge on any atom is -0.361 e. The van der Waals surface area contributed by atoms with Gasteiger partial charge >= 0.3 is 13.8 Å². The highest BCUT2D eigenvalue weighted by Gasteiger charge is 2.51. The van der Waals surface area contributed by atoms with Gasteiger partial charge in [-0.1, -0.05) is 0 Å². The number of rotatable bonds is 2. The highest BCUT2D eigenvalue weighted by Crippen LogP contribution is 2.49. The lowest BCUT2D eigenvalue weighted by Crippen LogP contribution is -2.30. The zero-order valence-corrected chi connectivity index (χ0v) is 6.26. The summed E-state index contributed by atoms with van der Waals surface area (Å²) in [4.78, 5) is 16.2. The van der Waals surface area contributed by atoms with Crippen molar-refractivity contribution in [1.29, 1.82) is 0 Å². The molecule has 4 nitrogen and oxygen atoms in total. The molecule has 0 radical (unpaired) electrons. The van der Waals surface area contributed by atoms with Crippen LogP contribution >= 0.6 is 7.60 Å². The lowest BCUT2D eigenvalue weighted by Gasteiger charge is -2.18. The van der Waals surface area contributed by atoms with E-state index in [0.717, 1.165) is 0 Å². The fourth-order valence-corrected chi connectivity index (χ4v) is 1.12. The molecule has 8 heteroatoms. The molecule has 0 rings (SSSR count). The first-order valence-electron chi connectivity index (χ1n) is 2.34. The van der Waals surface area contributed by atoms with Crippen LogP contribution in [0, 0.1) is 0 Å². The minimum atomic E-state index is -5.24. The van der Waals surface area contributed by atoms with E-state index in [4.69, 9.17) is 9.79 Å². The molecule has 0 aromatic carbocycles. The summed E-state index contributed by atoms with van der Waals surface area (Å²) in [6.07, 6.45) is -5.03. The number of halogens is 3. The van der Waals surface area contributed by atoms with Crippen LogP contribution in [-0.2, 0) is 9.30 Å². The van der Waals surface area contributed by atoms with Crippen molar-refractivity contribution >= 4 is 7.60 Å². The van der Waals surface area contributed by atoms with E-state index in [1.165, 1.54) is 0 Å². The molecule has 11 heavy (non-hydrogen) atoms. The Morgan fingerprint density at radius 2 is 1.82 bits per heavy atom. The Hall–Kier alpha value is -0.100. The summed E-state index contributed by atoms with van der Waals surface area (Å²) in [6.45, 7) is 0. The second-order valence-corrected chi connectivity index (χ2v) is 3.37. The van der Waals surface area contributed by atoms with E-state index in [2.05, 4.69) is 4.74 Å². The third-order valence-electron chi connectivity index (χ3n) is 0.809. The number of hydrogen-bond acceptors (Lipinski definition) is 2. The Balaban J connectivity index is 4.57. The van der Waals surface area contributed by atoms with E-state index in [-0.39, 0.29) is 0 Å². The van der Waals surface area contributed by atoms with Crippen LogP contribution < -0.4 is 0 Å². The van der Waals surface area contributed by atoms with Crippen LogP contribution in [0.3, 0.4) is 0 Å². The van der Waals surface area contributed by atoms with Gasteiger partial charge in [0, 0.05) is 7.11 Å². The zero-order chi connectivity index (χ0) is 9.28. The van der Waals surface area contributed by atoms with Gasteiger partial charge in [0.25, 0.3) is 5.85 Å². The second kappa shape index (κ2) is 3.10.